The standard InChI is InChI=1S/C18H18BrClN6O/c19-14-11-21-26(12-14)13-25-6-5-17(22-25)18(27)24-9-7-23(8-10-24)16-3-1-15(20)2-4-16/h1-6,11-12H,7-10,13H2. The molecule has 0 aliphatic carbocycles. The zero-order chi connectivity index (χ0) is 18.8. The fraction of sp³-hybridized carbons (Fsp3) is 0.278. The molecule has 3 aromatic rings. The molecule has 1 aliphatic rings. The quantitative estimate of drug-likeness (QED) is 0.614. The minimum atomic E-state index is -0.0360. The van der Waals surface area contributed by atoms with Gasteiger partial charge in [0.05, 0.1) is 10.7 Å². The Kier molecular flexibility index (Phi) is 5.18. The van der Waals surface area contributed by atoms with E-state index in [2.05, 4.69) is 31.0 Å². The number of carbonyl (C=O) groups excluding carboxylic acids is 1. The van der Waals surface area contributed by atoms with E-state index in [0.717, 1.165) is 28.3 Å². The Bertz CT molecular complexity index is 929. The van der Waals surface area contributed by atoms with Crippen molar-refractivity contribution in [2.75, 3.05) is 31.1 Å². The summed E-state index contributed by atoms with van der Waals surface area (Å²) in [5, 5.41) is 9.32. The summed E-state index contributed by atoms with van der Waals surface area (Å²) in [5.74, 6) is -0.0360. The summed E-state index contributed by atoms with van der Waals surface area (Å²) in [7, 11) is 0. The average Bonchev–Trinajstić information content (AvgIpc) is 3.31. The lowest BCUT2D eigenvalue weighted by Crippen LogP contribution is -2.48. The summed E-state index contributed by atoms with van der Waals surface area (Å²) in [6, 6.07) is 9.55. The van der Waals surface area contributed by atoms with Crippen molar-refractivity contribution in [3.63, 3.8) is 0 Å². The maximum atomic E-state index is 12.7. The molecule has 2 aromatic heterocycles. The number of piperazine rings is 1. The van der Waals surface area contributed by atoms with Crippen LogP contribution in [0.3, 0.4) is 0 Å². The number of rotatable bonds is 4. The number of anilines is 1. The lowest BCUT2D eigenvalue weighted by Gasteiger charge is -2.35. The van der Waals surface area contributed by atoms with Crippen molar-refractivity contribution >= 4 is 39.1 Å². The second-order valence-electron chi connectivity index (χ2n) is 6.34. The lowest BCUT2D eigenvalue weighted by atomic mass is 10.2. The van der Waals surface area contributed by atoms with Crippen molar-refractivity contribution in [3.8, 4) is 0 Å². The van der Waals surface area contributed by atoms with Gasteiger partial charge in [-0.05, 0) is 46.3 Å². The summed E-state index contributed by atoms with van der Waals surface area (Å²) in [6.07, 6.45) is 5.38. The Morgan fingerprint density at radius 2 is 1.81 bits per heavy atom. The summed E-state index contributed by atoms with van der Waals surface area (Å²) in [5.41, 5.74) is 1.59. The third-order valence-electron chi connectivity index (χ3n) is 4.51. The number of nitrogens with zero attached hydrogens (tertiary/aromatic N) is 6. The average molecular weight is 450 g/mol. The summed E-state index contributed by atoms with van der Waals surface area (Å²) in [4.78, 5) is 16.9. The summed E-state index contributed by atoms with van der Waals surface area (Å²) < 4.78 is 4.36. The van der Waals surface area contributed by atoms with Gasteiger partial charge in [-0.3, -0.25) is 9.48 Å². The van der Waals surface area contributed by atoms with E-state index < -0.39 is 0 Å². The third-order valence-corrected chi connectivity index (χ3v) is 5.17. The lowest BCUT2D eigenvalue weighted by molar-refractivity contribution is 0.0739. The number of hydrogen-bond acceptors (Lipinski definition) is 4. The number of aromatic nitrogens is 4. The van der Waals surface area contributed by atoms with Crippen molar-refractivity contribution in [2.24, 2.45) is 0 Å². The minimum Gasteiger partial charge on any atom is -0.368 e. The van der Waals surface area contributed by atoms with Crippen molar-refractivity contribution < 1.29 is 4.79 Å². The van der Waals surface area contributed by atoms with Crippen LogP contribution in [-0.4, -0.2) is 56.5 Å². The molecule has 0 N–H and O–H groups in total. The second kappa shape index (κ2) is 7.74. The van der Waals surface area contributed by atoms with Gasteiger partial charge < -0.3 is 9.80 Å². The van der Waals surface area contributed by atoms with Gasteiger partial charge in [-0.25, -0.2) is 4.68 Å². The highest BCUT2D eigenvalue weighted by molar-refractivity contribution is 9.10. The molecule has 0 saturated carbocycles. The van der Waals surface area contributed by atoms with E-state index in [1.165, 1.54) is 0 Å². The van der Waals surface area contributed by atoms with Gasteiger partial charge in [-0.15, -0.1) is 0 Å². The van der Waals surface area contributed by atoms with E-state index in [-0.39, 0.29) is 5.91 Å². The number of hydrogen-bond donors (Lipinski definition) is 0. The van der Waals surface area contributed by atoms with Gasteiger partial charge in [0.2, 0.25) is 0 Å². The molecule has 1 aliphatic heterocycles. The zero-order valence-electron chi connectivity index (χ0n) is 14.5. The van der Waals surface area contributed by atoms with E-state index in [1.54, 1.807) is 27.8 Å². The molecule has 1 amide bonds. The largest absolute Gasteiger partial charge is 0.368 e. The molecule has 7 nitrogen and oxygen atoms in total. The normalized spacial score (nSPS) is 14.6. The van der Waals surface area contributed by atoms with Gasteiger partial charge >= 0.3 is 0 Å². The van der Waals surface area contributed by atoms with Crippen LogP contribution in [0.1, 0.15) is 10.5 Å². The molecule has 140 valence electrons. The van der Waals surface area contributed by atoms with Crippen LogP contribution in [0.25, 0.3) is 0 Å². The maximum absolute atomic E-state index is 12.7. The van der Waals surface area contributed by atoms with Gasteiger partial charge in [-0.1, -0.05) is 11.6 Å². The molecule has 3 heterocycles. The van der Waals surface area contributed by atoms with Crippen LogP contribution in [0.2, 0.25) is 5.02 Å². The fourth-order valence-electron chi connectivity index (χ4n) is 3.10. The summed E-state index contributed by atoms with van der Waals surface area (Å²) in [6.45, 7) is 3.37. The molecular weight excluding hydrogens is 432 g/mol. The first-order valence-corrected chi connectivity index (χ1v) is 9.77. The predicted molar refractivity (Wildman–Crippen MR) is 107 cm³/mol. The van der Waals surface area contributed by atoms with Crippen LogP contribution in [0, 0.1) is 0 Å². The molecule has 4 rings (SSSR count). The number of benzene rings is 1. The van der Waals surface area contributed by atoms with Crippen molar-refractivity contribution in [2.45, 2.75) is 6.67 Å². The molecule has 0 unspecified atom stereocenters. The highest BCUT2D eigenvalue weighted by atomic mass is 79.9. The van der Waals surface area contributed by atoms with E-state index in [1.807, 2.05) is 35.4 Å². The Morgan fingerprint density at radius 3 is 2.48 bits per heavy atom. The molecule has 0 bridgehead atoms. The SMILES string of the molecule is O=C(c1ccn(Cn2cc(Br)cn2)n1)N1CCN(c2ccc(Cl)cc2)CC1. The topological polar surface area (TPSA) is 59.2 Å². The van der Waals surface area contributed by atoms with Gasteiger partial charge in [0.1, 0.15) is 12.4 Å². The smallest absolute Gasteiger partial charge is 0.274 e. The molecule has 1 saturated heterocycles. The van der Waals surface area contributed by atoms with Crippen LogP contribution in [-0.2, 0) is 6.67 Å². The molecule has 27 heavy (non-hydrogen) atoms. The van der Waals surface area contributed by atoms with Crippen LogP contribution >= 0.6 is 27.5 Å². The molecule has 1 aromatic carbocycles. The van der Waals surface area contributed by atoms with Crippen LogP contribution in [0.15, 0.2) is 53.4 Å². The van der Waals surface area contributed by atoms with E-state index in [0.29, 0.717) is 25.5 Å². The molecule has 0 radical (unpaired) electrons. The first kappa shape index (κ1) is 18.1. The fourth-order valence-corrected chi connectivity index (χ4v) is 3.55. The molecule has 1 fully saturated rings. The van der Waals surface area contributed by atoms with Gasteiger partial charge in [-0.2, -0.15) is 10.2 Å². The van der Waals surface area contributed by atoms with Crippen molar-refractivity contribution in [3.05, 3.63) is 64.1 Å². The maximum Gasteiger partial charge on any atom is 0.274 e. The van der Waals surface area contributed by atoms with Crippen LogP contribution in [0.4, 0.5) is 5.69 Å². The first-order chi connectivity index (χ1) is 13.1. The third kappa shape index (κ3) is 4.17. The monoisotopic (exact) mass is 448 g/mol. The zero-order valence-corrected chi connectivity index (χ0v) is 16.8. The van der Waals surface area contributed by atoms with Gasteiger partial charge in [0.25, 0.3) is 5.91 Å². The second-order valence-corrected chi connectivity index (χ2v) is 7.69. The molecule has 0 spiro atoms. The Hall–Kier alpha value is -2.32. The van der Waals surface area contributed by atoms with Gasteiger partial charge in [0.15, 0.2) is 0 Å². The predicted octanol–water partition coefficient (Wildman–Crippen LogP) is 2.96. The van der Waals surface area contributed by atoms with Crippen molar-refractivity contribution in [1.29, 1.82) is 0 Å². The van der Waals surface area contributed by atoms with E-state index >= 15 is 0 Å². The Balaban J connectivity index is 1.36. The molecular formula is C18H18BrClN6O. The molecule has 9 heteroatoms. The van der Waals surface area contributed by atoms with Crippen LogP contribution in [0.5, 0.6) is 0 Å². The highest BCUT2D eigenvalue weighted by Crippen LogP contribution is 2.20. The number of halogens is 2. The van der Waals surface area contributed by atoms with E-state index in [4.69, 9.17) is 11.6 Å². The van der Waals surface area contributed by atoms with E-state index in [9.17, 15) is 4.79 Å². The first-order valence-electron chi connectivity index (χ1n) is 8.60. The Labute approximate surface area is 170 Å². The number of carbonyl (C=O) groups is 1. The van der Waals surface area contributed by atoms with Crippen LogP contribution < -0.4 is 4.90 Å². The highest BCUT2D eigenvalue weighted by Gasteiger charge is 2.23. The van der Waals surface area contributed by atoms with Gasteiger partial charge in [0, 0.05) is 49.3 Å². The Morgan fingerprint density at radius 1 is 1.07 bits per heavy atom. The van der Waals surface area contributed by atoms with Crippen molar-refractivity contribution in [1.82, 2.24) is 24.5 Å². The number of amides is 1. The minimum absolute atomic E-state index is 0.0360. The summed E-state index contributed by atoms with van der Waals surface area (Å²) >= 11 is 9.32. The molecule has 0 atom stereocenters.